The fourth-order valence-corrected chi connectivity index (χ4v) is 3.86. The Hall–Kier alpha value is -1.46. The van der Waals surface area contributed by atoms with Crippen molar-refractivity contribution in [2.75, 3.05) is 39.4 Å². The number of carbonyl (C=O) groups is 1. The molecule has 0 unspecified atom stereocenters. The van der Waals surface area contributed by atoms with E-state index >= 15 is 0 Å². The van der Waals surface area contributed by atoms with Gasteiger partial charge < -0.3 is 14.5 Å². The van der Waals surface area contributed by atoms with Crippen LogP contribution in [0.1, 0.15) is 37.7 Å². The fourth-order valence-electron chi connectivity index (χ4n) is 3.86. The number of hydrogen-bond acceptors (Lipinski definition) is 3. The van der Waals surface area contributed by atoms with Gasteiger partial charge in [0.15, 0.2) is 0 Å². The topological polar surface area (TPSA) is 32.8 Å². The molecule has 2 heterocycles. The van der Waals surface area contributed by atoms with Crippen molar-refractivity contribution in [2.45, 2.75) is 44.6 Å². The van der Waals surface area contributed by atoms with Crippen molar-refractivity contribution in [3.8, 4) is 0 Å². The summed E-state index contributed by atoms with van der Waals surface area (Å²) in [6, 6.07) is 6.54. The Morgan fingerprint density at radius 3 is 2.52 bits per heavy atom. The number of halogens is 1. The van der Waals surface area contributed by atoms with Gasteiger partial charge in [-0.3, -0.25) is 4.79 Å². The Bertz CT molecular complexity index is 537. The van der Waals surface area contributed by atoms with E-state index in [-0.39, 0.29) is 17.8 Å². The lowest BCUT2D eigenvalue weighted by Gasteiger charge is -2.35. The van der Waals surface area contributed by atoms with Crippen molar-refractivity contribution >= 4 is 5.91 Å². The Labute approximate surface area is 149 Å². The van der Waals surface area contributed by atoms with E-state index in [0.29, 0.717) is 6.42 Å². The van der Waals surface area contributed by atoms with Gasteiger partial charge in [-0.2, -0.15) is 0 Å². The van der Waals surface area contributed by atoms with E-state index in [0.717, 1.165) is 51.1 Å². The Balaban J connectivity index is 1.57. The lowest BCUT2D eigenvalue weighted by molar-refractivity contribution is -0.134. The summed E-state index contributed by atoms with van der Waals surface area (Å²) < 4.78 is 18.5. The molecule has 2 saturated heterocycles. The van der Waals surface area contributed by atoms with Crippen LogP contribution in [0.3, 0.4) is 0 Å². The van der Waals surface area contributed by atoms with Crippen molar-refractivity contribution in [1.82, 2.24) is 9.80 Å². The van der Waals surface area contributed by atoms with E-state index in [9.17, 15) is 9.18 Å². The molecule has 2 fully saturated rings. The third-order valence-electron chi connectivity index (χ3n) is 5.29. The van der Waals surface area contributed by atoms with Crippen LogP contribution in [-0.2, 0) is 16.0 Å². The summed E-state index contributed by atoms with van der Waals surface area (Å²) in [5.74, 6) is -0.108. The van der Waals surface area contributed by atoms with E-state index in [1.165, 1.54) is 38.1 Å². The second kappa shape index (κ2) is 9.30. The summed E-state index contributed by atoms with van der Waals surface area (Å²) in [5, 5.41) is 0. The molecule has 0 atom stereocenters. The van der Waals surface area contributed by atoms with E-state index in [2.05, 4.69) is 9.80 Å². The highest BCUT2D eigenvalue weighted by Gasteiger charge is 2.25. The molecule has 138 valence electrons. The SMILES string of the molecule is O=C(Cc1ccc(F)cc1)N(CCCN1CCCC1)C1CCOCC1. The molecule has 0 spiro atoms. The highest BCUT2D eigenvalue weighted by Crippen LogP contribution is 2.18. The summed E-state index contributed by atoms with van der Waals surface area (Å²) in [5.41, 5.74) is 0.878. The van der Waals surface area contributed by atoms with Crippen LogP contribution in [0.25, 0.3) is 0 Å². The highest BCUT2D eigenvalue weighted by molar-refractivity contribution is 5.79. The van der Waals surface area contributed by atoms with Crippen LogP contribution in [-0.4, -0.2) is 61.1 Å². The first kappa shape index (κ1) is 18.3. The number of likely N-dealkylation sites (tertiary alicyclic amines) is 1. The number of benzene rings is 1. The first-order valence-corrected chi connectivity index (χ1v) is 9.56. The molecular formula is C20H29FN2O2. The molecular weight excluding hydrogens is 319 g/mol. The number of carbonyl (C=O) groups excluding carboxylic acids is 1. The van der Waals surface area contributed by atoms with Crippen LogP contribution < -0.4 is 0 Å². The molecule has 25 heavy (non-hydrogen) atoms. The summed E-state index contributed by atoms with van der Waals surface area (Å²) in [7, 11) is 0. The van der Waals surface area contributed by atoms with E-state index < -0.39 is 0 Å². The zero-order valence-corrected chi connectivity index (χ0v) is 15.0. The quantitative estimate of drug-likeness (QED) is 0.760. The molecule has 0 saturated carbocycles. The van der Waals surface area contributed by atoms with Gasteiger partial charge in [0, 0.05) is 25.8 Å². The lowest BCUT2D eigenvalue weighted by Crippen LogP contribution is -2.45. The molecule has 0 N–H and O–H groups in total. The van der Waals surface area contributed by atoms with Gasteiger partial charge in [0.05, 0.1) is 6.42 Å². The van der Waals surface area contributed by atoms with Gasteiger partial charge >= 0.3 is 0 Å². The lowest BCUT2D eigenvalue weighted by atomic mass is 10.0. The molecule has 1 aromatic rings. The van der Waals surface area contributed by atoms with Gasteiger partial charge in [-0.05, 0) is 69.4 Å². The molecule has 1 aromatic carbocycles. The van der Waals surface area contributed by atoms with E-state index in [1.54, 1.807) is 12.1 Å². The minimum atomic E-state index is -0.261. The van der Waals surface area contributed by atoms with Crippen LogP contribution in [0.5, 0.6) is 0 Å². The van der Waals surface area contributed by atoms with Crippen molar-refractivity contribution in [3.63, 3.8) is 0 Å². The van der Waals surface area contributed by atoms with Gasteiger partial charge in [-0.1, -0.05) is 12.1 Å². The molecule has 1 amide bonds. The molecule has 0 aliphatic carbocycles. The average molecular weight is 348 g/mol. The molecule has 5 heteroatoms. The molecule has 2 aliphatic rings. The number of ether oxygens (including phenoxy) is 1. The monoisotopic (exact) mass is 348 g/mol. The molecule has 0 aromatic heterocycles. The van der Waals surface area contributed by atoms with Gasteiger partial charge in [-0.25, -0.2) is 4.39 Å². The van der Waals surface area contributed by atoms with Crippen LogP contribution in [0, 0.1) is 5.82 Å². The molecule has 2 aliphatic heterocycles. The second-order valence-electron chi connectivity index (χ2n) is 7.14. The standard InChI is InChI=1S/C20H29FN2O2/c21-18-6-4-17(5-7-18)16-20(24)23(19-8-14-25-15-9-19)13-3-12-22-10-1-2-11-22/h4-7,19H,1-3,8-16H2. The number of amides is 1. The first-order chi connectivity index (χ1) is 12.2. The Kier molecular flexibility index (Phi) is 6.82. The molecule has 0 radical (unpaired) electrons. The third-order valence-corrected chi connectivity index (χ3v) is 5.29. The largest absolute Gasteiger partial charge is 0.381 e. The Morgan fingerprint density at radius 2 is 1.84 bits per heavy atom. The number of nitrogens with zero attached hydrogens (tertiary/aromatic N) is 2. The molecule has 3 rings (SSSR count). The number of rotatable bonds is 7. The maximum absolute atomic E-state index is 13.1. The molecule has 0 bridgehead atoms. The van der Waals surface area contributed by atoms with Crippen molar-refractivity contribution in [2.24, 2.45) is 0 Å². The summed E-state index contributed by atoms with van der Waals surface area (Å²) in [6.45, 7) is 5.74. The van der Waals surface area contributed by atoms with Crippen molar-refractivity contribution in [1.29, 1.82) is 0 Å². The maximum atomic E-state index is 13.1. The van der Waals surface area contributed by atoms with Gasteiger partial charge in [0.25, 0.3) is 0 Å². The minimum Gasteiger partial charge on any atom is -0.381 e. The highest BCUT2D eigenvalue weighted by atomic mass is 19.1. The third kappa shape index (κ3) is 5.51. The smallest absolute Gasteiger partial charge is 0.227 e. The van der Waals surface area contributed by atoms with Gasteiger partial charge in [-0.15, -0.1) is 0 Å². The summed E-state index contributed by atoms with van der Waals surface area (Å²) in [4.78, 5) is 17.5. The van der Waals surface area contributed by atoms with Crippen LogP contribution in [0.4, 0.5) is 4.39 Å². The average Bonchev–Trinajstić information content (AvgIpc) is 3.15. The van der Waals surface area contributed by atoms with Crippen LogP contribution in [0.2, 0.25) is 0 Å². The molecule has 4 nitrogen and oxygen atoms in total. The normalized spacial score (nSPS) is 19.2. The van der Waals surface area contributed by atoms with Crippen LogP contribution >= 0.6 is 0 Å². The van der Waals surface area contributed by atoms with Crippen LogP contribution in [0.15, 0.2) is 24.3 Å². The fraction of sp³-hybridized carbons (Fsp3) is 0.650. The van der Waals surface area contributed by atoms with Gasteiger partial charge in [0.2, 0.25) is 5.91 Å². The number of hydrogen-bond donors (Lipinski definition) is 0. The predicted molar refractivity (Wildman–Crippen MR) is 95.9 cm³/mol. The predicted octanol–water partition coefficient (Wildman–Crippen LogP) is 2.86. The maximum Gasteiger partial charge on any atom is 0.227 e. The zero-order valence-electron chi connectivity index (χ0n) is 15.0. The van der Waals surface area contributed by atoms with E-state index in [1.807, 2.05) is 0 Å². The first-order valence-electron chi connectivity index (χ1n) is 9.56. The minimum absolute atomic E-state index is 0.153. The second-order valence-corrected chi connectivity index (χ2v) is 7.14. The van der Waals surface area contributed by atoms with Crippen molar-refractivity contribution < 1.29 is 13.9 Å². The van der Waals surface area contributed by atoms with E-state index in [4.69, 9.17) is 4.74 Å². The summed E-state index contributed by atoms with van der Waals surface area (Å²) >= 11 is 0. The zero-order chi connectivity index (χ0) is 17.5. The van der Waals surface area contributed by atoms with Gasteiger partial charge in [0.1, 0.15) is 5.82 Å². The van der Waals surface area contributed by atoms with Crippen molar-refractivity contribution in [3.05, 3.63) is 35.6 Å². The summed E-state index contributed by atoms with van der Waals surface area (Å²) in [6.07, 6.45) is 5.80. The Morgan fingerprint density at radius 1 is 1.16 bits per heavy atom.